The second-order valence-corrected chi connectivity index (χ2v) is 9.18. The Morgan fingerprint density at radius 1 is 0.938 bits per heavy atom. The van der Waals surface area contributed by atoms with Crippen molar-refractivity contribution in [2.24, 2.45) is 0 Å². The minimum absolute atomic E-state index is 0.100. The van der Waals surface area contributed by atoms with Gasteiger partial charge in [-0.3, -0.25) is 9.71 Å². The van der Waals surface area contributed by atoms with Crippen LogP contribution in [0.3, 0.4) is 0 Å². The summed E-state index contributed by atoms with van der Waals surface area (Å²) in [6.07, 6.45) is 9.52. The fourth-order valence-corrected chi connectivity index (χ4v) is 4.79. The monoisotopic (exact) mass is 465 g/mol. The van der Waals surface area contributed by atoms with Crippen molar-refractivity contribution >= 4 is 26.5 Å². The number of pyridine rings is 1. The van der Waals surface area contributed by atoms with Crippen molar-refractivity contribution < 1.29 is 22.0 Å². The van der Waals surface area contributed by atoms with Crippen molar-refractivity contribution in [2.45, 2.75) is 4.90 Å². The molecule has 5 rings (SSSR count). The van der Waals surface area contributed by atoms with E-state index >= 15 is 0 Å². The maximum absolute atomic E-state index is 12.5. The van der Waals surface area contributed by atoms with Crippen molar-refractivity contribution in [2.75, 3.05) is 4.72 Å². The molecule has 0 bridgehead atoms. The number of ether oxygens (including phenoxy) is 1. The lowest BCUT2D eigenvalue weighted by molar-refractivity contribution is 0.481. The van der Waals surface area contributed by atoms with Crippen LogP contribution in [0.25, 0.3) is 22.4 Å². The quantitative estimate of drug-likeness (QED) is 0.331. The normalized spacial score (nSPS) is 11.4. The fourth-order valence-electron chi connectivity index (χ4n) is 3.00. The summed E-state index contributed by atoms with van der Waals surface area (Å²) in [5.41, 5.74) is 3.15. The number of furan rings is 2. The van der Waals surface area contributed by atoms with Gasteiger partial charge < -0.3 is 13.6 Å². The number of sulfonamides is 1. The molecular formula is C22H15N3O5S2. The Hall–Kier alpha value is -3.89. The van der Waals surface area contributed by atoms with Gasteiger partial charge in [-0.1, -0.05) is 0 Å². The van der Waals surface area contributed by atoms with Gasteiger partial charge in [-0.2, -0.15) is 0 Å². The van der Waals surface area contributed by atoms with Crippen molar-refractivity contribution in [3.05, 3.63) is 85.3 Å². The number of thiazole rings is 1. The van der Waals surface area contributed by atoms with Crippen molar-refractivity contribution in [3.8, 4) is 33.9 Å². The first-order valence-electron chi connectivity index (χ1n) is 9.34. The molecular weight excluding hydrogens is 450 g/mol. The molecule has 0 fully saturated rings. The molecule has 0 saturated heterocycles. The Morgan fingerprint density at radius 2 is 1.69 bits per heavy atom. The van der Waals surface area contributed by atoms with E-state index in [4.69, 9.17) is 13.6 Å². The van der Waals surface area contributed by atoms with E-state index in [1.165, 1.54) is 29.7 Å². The molecule has 0 amide bonds. The Bertz CT molecular complexity index is 1410. The van der Waals surface area contributed by atoms with E-state index in [1.807, 2.05) is 18.2 Å². The van der Waals surface area contributed by atoms with Crippen LogP contribution in [0.2, 0.25) is 0 Å². The summed E-state index contributed by atoms with van der Waals surface area (Å²) >= 11 is 1.20. The van der Waals surface area contributed by atoms with E-state index in [9.17, 15) is 8.42 Å². The van der Waals surface area contributed by atoms with Gasteiger partial charge in [0.05, 0.1) is 41.8 Å². The highest BCUT2D eigenvalue weighted by molar-refractivity contribution is 7.93. The highest BCUT2D eigenvalue weighted by Crippen LogP contribution is 2.36. The first-order valence-corrected chi connectivity index (χ1v) is 11.7. The molecule has 0 aliphatic rings. The lowest BCUT2D eigenvalue weighted by Crippen LogP contribution is -2.12. The van der Waals surface area contributed by atoms with E-state index in [-0.39, 0.29) is 4.90 Å². The summed E-state index contributed by atoms with van der Waals surface area (Å²) in [6.45, 7) is 0. The van der Waals surface area contributed by atoms with Gasteiger partial charge in [0, 0.05) is 28.3 Å². The summed E-state index contributed by atoms with van der Waals surface area (Å²) < 4.78 is 43.9. The lowest BCUT2D eigenvalue weighted by atomic mass is 10.1. The van der Waals surface area contributed by atoms with Gasteiger partial charge in [0.1, 0.15) is 5.75 Å². The lowest BCUT2D eigenvalue weighted by Gasteiger charge is -2.12. The van der Waals surface area contributed by atoms with Gasteiger partial charge in [0.2, 0.25) is 0 Å². The zero-order chi connectivity index (χ0) is 22.0. The molecule has 8 nitrogen and oxygen atoms in total. The fraction of sp³-hybridized carbons (Fsp3) is 0. The number of benzene rings is 1. The first-order chi connectivity index (χ1) is 15.6. The molecule has 160 valence electrons. The van der Waals surface area contributed by atoms with Gasteiger partial charge >= 0.3 is 0 Å². The van der Waals surface area contributed by atoms with Gasteiger partial charge in [-0.25, -0.2) is 13.4 Å². The molecule has 1 N–H and O–H groups in total. The zero-order valence-electron chi connectivity index (χ0n) is 16.3. The number of rotatable bonds is 7. The molecule has 32 heavy (non-hydrogen) atoms. The van der Waals surface area contributed by atoms with E-state index in [2.05, 4.69) is 14.7 Å². The Morgan fingerprint density at radius 3 is 2.34 bits per heavy atom. The summed E-state index contributed by atoms with van der Waals surface area (Å²) in [5.74, 6) is 0.955. The van der Waals surface area contributed by atoms with Crippen molar-refractivity contribution in [1.82, 2.24) is 9.97 Å². The molecule has 5 aromatic rings. The molecule has 10 heteroatoms. The maximum atomic E-state index is 12.5. The summed E-state index contributed by atoms with van der Waals surface area (Å²) in [7, 11) is -3.74. The largest absolute Gasteiger partial charge is 0.472 e. The van der Waals surface area contributed by atoms with E-state index < -0.39 is 10.0 Å². The minimum atomic E-state index is -3.74. The van der Waals surface area contributed by atoms with Crippen LogP contribution in [0.4, 0.5) is 5.13 Å². The van der Waals surface area contributed by atoms with Crippen molar-refractivity contribution in [3.63, 3.8) is 0 Å². The Kier molecular flexibility index (Phi) is 5.21. The van der Waals surface area contributed by atoms with Crippen LogP contribution >= 0.6 is 11.3 Å². The predicted octanol–water partition coefficient (Wildman–Crippen LogP) is 5.65. The number of aromatic nitrogens is 2. The summed E-state index contributed by atoms with van der Waals surface area (Å²) in [6, 6.07) is 11.6. The van der Waals surface area contributed by atoms with E-state index in [0.29, 0.717) is 16.6 Å². The highest BCUT2D eigenvalue weighted by Gasteiger charge is 2.17. The van der Waals surface area contributed by atoms with Gasteiger partial charge in [-0.05, 0) is 42.5 Å². The number of anilines is 1. The van der Waals surface area contributed by atoms with Crippen LogP contribution in [0, 0.1) is 0 Å². The number of hydrogen-bond acceptors (Lipinski definition) is 8. The molecule has 0 spiro atoms. The highest BCUT2D eigenvalue weighted by atomic mass is 32.2. The molecule has 0 aliphatic heterocycles. The molecule has 4 aromatic heterocycles. The van der Waals surface area contributed by atoms with Crippen LogP contribution in [-0.2, 0) is 10.0 Å². The SMILES string of the molecule is O=S(=O)(Nc1nccs1)c1ccc(Oc2cnc(-c3ccoc3)cc2-c2ccoc2)cc1. The maximum Gasteiger partial charge on any atom is 0.263 e. The summed E-state index contributed by atoms with van der Waals surface area (Å²) in [5, 5.41) is 2.00. The van der Waals surface area contributed by atoms with E-state index in [0.717, 1.165) is 22.4 Å². The third-order valence-electron chi connectivity index (χ3n) is 4.53. The number of nitrogens with zero attached hydrogens (tertiary/aromatic N) is 2. The first kappa shape index (κ1) is 20.0. The van der Waals surface area contributed by atoms with Gasteiger partial charge in [-0.15, -0.1) is 11.3 Å². The van der Waals surface area contributed by atoms with E-state index in [1.54, 1.807) is 48.8 Å². The van der Waals surface area contributed by atoms with Gasteiger partial charge in [0.15, 0.2) is 10.9 Å². The second kappa shape index (κ2) is 8.33. The number of hydrogen-bond donors (Lipinski definition) is 1. The average Bonchev–Trinajstić information content (AvgIpc) is 3.57. The third kappa shape index (κ3) is 4.13. The third-order valence-corrected chi connectivity index (χ3v) is 6.70. The van der Waals surface area contributed by atoms with Gasteiger partial charge in [0.25, 0.3) is 10.0 Å². The molecule has 0 unspecified atom stereocenters. The smallest absolute Gasteiger partial charge is 0.263 e. The summed E-state index contributed by atoms with van der Waals surface area (Å²) in [4.78, 5) is 8.50. The Balaban J connectivity index is 1.42. The molecule has 1 aromatic carbocycles. The van der Waals surface area contributed by atoms with Crippen molar-refractivity contribution in [1.29, 1.82) is 0 Å². The standard InChI is InChI=1S/C22H15N3O5S2/c26-32(27,25-22-23-7-10-31-22)18-3-1-17(2-4-18)30-21-12-24-20(16-6-9-29-14-16)11-19(21)15-5-8-28-13-15/h1-14H,(H,23,25). The van der Waals surface area contributed by atoms with Crippen LogP contribution < -0.4 is 9.46 Å². The molecule has 0 saturated carbocycles. The molecule has 4 heterocycles. The predicted molar refractivity (Wildman–Crippen MR) is 119 cm³/mol. The topological polar surface area (TPSA) is 107 Å². The minimum Gasteiger partial charge on any atom is -0.472 e. The molecule has 0 aliphatic carbocycles. The van der Waals surface area contributed by atoms with Crippen LogP contribution in [0.15, 0.2) is 99.0 Å². The average molecular weight is 466 g/mol. The van der Waals surface area contributed by atoms with Crippen LogP contribution in [-0.4, -0.2) is 18.4 Å². The zero-order valence-corrected chi connectivity index (χ0v) is 18.0. The Labute approximate surface area is 187 Å². The number of nitrogens with one attached hydrogen (secondary N) is 1. The second-order valence-electron chi connectivity index (χ2n) is 6.61. The molecule has 0 radical (unpaired) electrons. The molecule has 0 atom stereocenters. The van der Waals surface area contributed by atoms with Crippen LogP contribution in [0.1, 0.15) is 0 Å². The van der Waals surface area contributed by atoms with Crippen LogP contribution in [0.5, 0.6) is 11.5 Å².